The normalized spacial score (nSPS) is 15.5. The molecule has 1 aliphatic heterocycles. The van der Waals surface area contributed by atoms with Crippen LogP contribution in [-0.2, 0) is 0 Å². The van der Waals surface area contributed by atoms with Crippen molar-refractivity contribution < 1.29 is 4.42 Å². The molecule has 4 heteroatoms. The molecular weight excluding hydrogens is 250 g/mol. The molecule has 0 radical (unpaired) electrons. The van der Waals surface area contributed by atoms with E-state index >= 15 is 0 Å². The van der Waals surface area contributed by atoms with Gasteiger partial charge in [-0.15, -0.1) is 0 Å². The molecule has 2 N–H and O–H groups in total. The first-order valence-corrected chi connectivity index (χ1v) is 6.75. The van der Waals surface area contributed by atoms with E-state index in [4.69, 9.17) is 10.2 Å². The summed E-state index contributed by atoms with van der Waals surface area (Å²) in [6, 6.07) is 16.8. The number of nitrogen functional groups attached to an aromatic ring is 1. The Kier molecular flexibility index (Phi) is 2.42. The van der Waals surface area contributed by atoms with Gasteiger partial charge in [0.05, 0.1) is 0 Å². The smallest absolute Gasteiger partial charge is 0.298 e. The molecule has 100 valence electrons. The van der Waals surface area contributed by atoms with Crippen molar-refractivity contribution in [2.24, 2.45) is 0 Å². The summed E-state index contributed by atoms with van der Waals surface area (Å²) in [5.74, 6) is 0.566. The first-order valence-electron chi connectivity index (χ1n) is 6.75. The van der Waals surface area contributed by atoms with Crippen LogP contribution in [0.5, 0.6) is 0 Å². The largest absolute Gasteiger partial charge is 0.423 e. The van der Waals surface area contributed by atoms with Gasteiger partial charge in [0.15, 0.2) is 5.58 Å². The minimum absolute atomic E-state index is 0.566. The lowest BCUT2D eigenvalue weighted by Gasteiger charge is -2.38. The highest BCUT2D eigenvalue weighted by Crippen LogP contribution is 2.33. The zero-order chi connectivity index (χ0) is 13.5. The van der Waals surface area contributed by atoms with Gasteiger partial charge in [0, 0.05) is 24.7 Å². The Morgan fingerprint density at radius 3 is 2.70 bits per heavy atom. The molecule has 0 amide bonds. The van der Waals surface area contributed by atoms with Crippen LogP contribution in [0.3, 0.4) is 0 Å². The highest BCUT2D eigenvalue weighted by molar-refractivity contribution is 5.78. The average Bonchev–Trinajstić information content (AvgIpc) is 2.80. The Morgan fingerprint density at radius 2 is 1.90 bits per heavy atom. The number of nitrogens with two attached hydrogens (primary N) is 1. The molecule has 20 heavy (non-hydrogen) atoms. The summed E-state index contributed by atoms with van der Waals surface area (Å²) < 4.78 is 5.77. The second-order valence-electron chi connectivity index (χ2n) is 5.24. The lowest BCUT2D eigenvalue weighted by Crippen LogP contribution is -2.45. The molecule has 1 aliphatic rings. The zero-order valence-electron chi connectivity index (χ0n) is 11.0. The van der Waals surface area contributed by atoms with Gasteiger partial charge >= 0.3 is 0 Å². The molecule has 0 spiro atoms. The van der Waals surface area contributed by atoms with Crippen molar-refractivity contribution in [1.29, 1.82) is 0 Å². The number of nitrogens with zero attached hydrogens (tertiary/aromatic N) is 2. The van der Waals surface area contributed by atoms with Crippen molar-refractivity contribution in [3.05, 3.63) is 54.1 Å². The number of fused-ring (bicyclic) bond motifs is 1. The van der Waals surface area contributed by atoms with Crippen molar-refractivity contribution >= 4 is 22.8 Å². The van der Waals surface area contributed by atoms with Crippen LogP contribution in [0.4, 0.5) is 11.7 Å². The second kappa shape index (κ2) is 4.27. The molecule has 3 aromatic rings. The van der Waals surface area contributed by atoms with E-state index in [-0.39, 0.29) is 0 Å². The SMILES string of the molecule is Nc1ccc2oc(N3CC(c4ccccc4)C3)nc2c1. The maximum atomic E-state index is 5.77. The fourth-order valence-corrected chi connectivity index (χ4v) is 2.64. The van der Waals surface area contributed by atoms with Gasteiger partial charge in [0.1, 0.15) is 5.52 Å². The highest BCUT2D eigenvalue weighted by atomic mass is 16.4. The first-order chi connectivity index (χ1) is 9.79. The Balaban J connectivity index is 1.54. The van der Waals surface area contributed by atoms with Crippen LogP contribution in [0.1, 0.15) is 11.5 Å². The van der Waals surface area contributed by atoms with E-state index in [9.17, 15) is 0 Å². The summed E-state index contributed by atoms with van der Waals surface area (Å²) in [5.41, 5.74) is 9.46. The summed E-state index contributed by atoms with van der Waals surface area (Å²) in [4.78, 5) is 6.66. The minimum Gasteiger partial charge on any atom is -0.423 e. The van der Waals surface area contributed by atoms with E-state index in [1.165, 1.54) is 5.56 Å². The minimum atomic E-state index is 0.566. The van der Waals surface area contributed by atoms with Gasteiger partial charge in [0.25, 0.3) is 6.01 Å². The van der Waals surface area contributed by atoms with Crippen LogP contribution in [-0.4, -0.2) is 18.1 Å². The van der Waals surface area contributed by atoms with E-state index < -0.39 is 0 Å². The third kappa shape index (κ3) is 1.81. The Hall–Kier alpha value is -2.49. The summed E-state index contributed by atoms with van der Waals surface area (Å²) in [6.07, 6.45) is 0. The monoisotopic (exact) mass is 265 g/mol. The molecule has 0 unspecified atom stereocenters. The van der Waals surface area contributed by atoms with Crippen LogP contribution in [0.25, 0.3) is 11.1 Å². The van der Waals surface area contributed by atoms with Crippen LogP contribution >= 0.6 is 0 Å². The molecule has 4 rings (SSSR count). The molecular formula is C16H15N3O. The van der Waals surface area contributed by atoms with Crippen molar-refractivity contribution in [2.45, 2.75) is 5.92 Å². The van der Waals surface area contributed by atoms with Gasteiger partial charge in [-0.05, 0) is 23.8 Å². The first kappa shape index (κ1) is 11.3. The topological polar surface area (TPSA) is 55.3 Å². The van der Waals surface area contributed by atoms with Crippen LogP contribution in [0, 0.1) is 0 Å². The number of rotatable bonds is 2. The maximum absolute atomic E-state index is 5.77. The van der Waals surface area contributed by atoms with Crippen LogP contribution in [0.2, 0.25) is 0 Å². The van der Waals surface area contributed by atoms with E-state index in [0.29, 0.717) is 17.6 Å². The fraction of sp³-hybridized carbons (Fsp3) is 0.188. The van der Waals surface area contributed by atoms with Crippen molar-refractivity contribution in [2.75, 3.05) is 23.7 Å². The summed E-state index contributed by atoms with van der Waals surface area (Å²) >= 11 is 0. The standard InChI is InChI=1S/C16H15N3O/c17-13-6-7-15-14(8-13)18-16(20-15)19-9-12(10-19)11-4-2-1-3-5-11/h1-8,12H,9-10,17H2. The summed E-state index contributed by atoms with van der Waals surface area (Å²) in [5, 5.41) is 0. The Bertz CT molecular complexity index is 745. The number of benzene rings is 2. The lowest BCUT2D eigenvalue weighted by molar-refractivity contribution is 0.463. The van der Waals surface area contributed by atoms with E-state index in [0.717, 1.165) is 24.2 Å². The van der Waals surface area contributed by atoms with Gasteiger partial charge in [-0.2, -0.15) is 4.98 Å². The predicted molar refractivity (Wildman–Crippen MR) is 79.8 cm³/mol. The third-order valence-corrected chi connectivity index (χ3v) is 3.82. The molecule has 1 aromatic heterocycles. The fourth-order valence-electron chi connectivity index (χ4n) is 2.64. The molecule has 0 bridgehead atoms. The lowest BCUT2D eigenvalue weighted by atomic mass is 9.92. The molecule has 0 aliphatic carbocycles. The Labute approximate surface area is 116 Å². The number of hydrogen-bond acceptors (Lipinski definition) is 4. The number of hydrogen-bond donors (Lipinski definition) is 1. The Morgan fingerprint density at radius 1 is 1.10 bits per heavy atom. The van der Waals surface area contributed by atoms with Gasteiger partial charge in [-0.1, -0.05) is 30.3 Å². The van der Waals surface area contributed by atoms with Gasteiger partial charge in [0.2, 0.25) is 0 Å². The van der Waals surface area contributed by atoms with Crippen molar-refractivity contribution in [1.82, 2.24) is 4.98 Å². The number of oxazole rings is 1. The van der Waals surface area contributed by atoms with Gasteiger partial charge in [-0.3, -0.25) is 0 Å². The molecule has 2 heterocycles. The molecule has 2 aromatic carbocycles. The van der Waals surface area contributed by atoms with E-state index in [1.807, 2.05) is 24.3 Å². The van der Waals surface area contributed by atoms with Crippen molar-refractivity contribution in [3.8, 4) is 0 Å². The van der Waals surface area contributed by atoms with Gasteiger partial charge < -0.3 is 15.1 Å². The van der Waals surface area contributed by atoms with Crippen LogP contribution < -0.4 is 10.6 Å². The number of aromatic nitrogens is 1. The van der Waals surface area contributed by atoms with Gasteiger partial charge in [-0.25, -0.2) is 0 Å². The predicted octanol–water partition coefficient (Wildman–Crippen LogP) is 3.01. The van der Waals surface area contributed by atoms with Crippen LogP contribution in [0.15, 0.2) is 52.9 Å². The molecule has 0 saturated carbocycles. The van der Waals surface area contributed by atoms with E-state index in [2.05, 4.69) is 34.1 Å². The summed E-state index contributed by atoms with van der Waals surface area (Å²) in [7, 11) is 0. The maximum Gasteiger partial charge on any atom is 0.298 e. The molecule has 1 fully saturated rings. The quantitative estimate of drug-likeness (QED) is 0.724. The number of anilines is 2. The van der Waals surface area contributed by atoms with E-state index in [1.54, 1.807) is 0 Å². The molecule has 0 atom stereocenters. The second-order valence-corrected chi connectivity index (χ2v) is 5.24. The highest BCUT2D eigenvalue weighted by Gasteiger charge is 2.31. The van der Waals surface area contributed by atoms with Crippen molar-refractivity contribution in [3.63, 3.8) is 0 Å². The third-order valence-electron chi connectivity index (χ3n) is 3.82. The zero-order valence-corrected chi connectivity index (χ0v) is 11.0. The molecule has 4 nitrogen and oxygen atoms in total. The average molecular weight is 265 g/mol. The molecule has 1 saturated heterocycles. The summed E-state index contributed by atoms with van der Waals surface area (Å²) in [6.45, 7) is 1.90.